The molecule has 30 heavy (non-hydrogen) atoms. The molecular weight excluding hydrogens is 374 g/mol. The number of nitrogens with one attached hydrogen (secondary N) is 1. The van der Waals surface area contributed by atoms with E-state index >= 15 is 0 Å². The molecule has 3 heterocycles. The van der Waals surface area contributed by atoms with Crippen LogP contribution < -0.4 is 0 Å². The van der Waals surface area contributed by atoms with Crippen LogP contribution in [0.2, 0.25) is 0 Å². The number of H-pyrrole nitrogens is 1. The molecule has 1 amide bonds. The first-order chi connectivity index (χ1) is 14.8. The summed E-state index contributed by atoms with van der Waals surface area (Å²) < 4.78 is 2.21. The van der Waals surface area contributed by atoms with E-state index in [9.17, 15) is 4.79 Å². The monoisotopic (exact) mass is 399 g/mol. The number of hydrogen-bond donors (Lipinski definition) is 1. The van der Waals surface area contributed by atoms with Gasteiger partial charge < -0.3 is 14.5 Å². The molecule has 0 radical (unpaired) electrons. The van der Waals surface area contributed by atoms with Gasteiger partial charge in [0.15, 0.2) is 0 Å². The number of fused-ring (bicyclic) bond motifs is 1. The summed E-state index contributed by atoms with van der Waals surface area (Å²) in [5.41, 5.74) is 2.82. The molecule has 5 rings (SSSR count). The number of aromatic amines is 1. The first-order valence-corrected chi connectivity index (χ1v) is 10.4. The highest BCUT2D eigenvalue weighted by molar-refractivity contribution is 5.98. The van der Waals surface area contributed by atoms with Gasteiger partial charge in [0.1, 0.15) is 11.5 Å². The minimum atomic E-state index is 0.0897. The largest absolute Gasteiger partial charge is 0.351 e. The van der Waals surface area contributed by atoms with E-state index in [-0.39, 0.29) is 5.91 Å². The van der Waals surface area contributed by atoms with Crippen molar-refractivity contribution in [1.82, 2.24) is 24.3 Å². The van der Waals surface area contributed by atoms with Crippen molar-refractivity contribution in [2.45, 2.75) is 6.54 Å². The predicted molar refractivity (Wildman–Crippen MR) is 118 cm³/mol. The lowest BCUT2D eigenvalue weighted by Crippen LogP contribution is -2.49. The average molecular weight is 399 g/mol. The van der Waals surface area contributed by atoms with Gasteiger partial charge in [0.05, 0.1) is 0 Å². The van der Waals surface area contributed by atoms with Gasteiger partial charge in [0.25, 0.3) is 5.91 Å². The molecule has 0 atom stereocenters. The fourth-order valence-corrected chi connectivity index (χ4v) is 4.12. The number of carbonyl (C=O) groups is 1. The number of benzene rings is 2. The molecule has 0 saturated carbocycles. The lowest BCUT2D eigenvalue weighted by atomic mass is 10.2. The second-order valence-corrected chi connectivity index (χ2v) is 7.71. The number of piperazine rings is 1. The Kier molecular flexibility index (Phi) is 5.07. The number of carbonyl (C=O) groups excluding carboxylic acids is 1. The van der Waals surface area contributed by atoms with Crippen LogP contribution in [0.1, 0.15) is 10.5 Å². The minimum absolute atomic E-state index is 0.0897. The third-order valence-electron chi connectivity index (χ3n) is 5.82. The maximum Gasteiger partial charge on any atom is 0.270 e. The van der Waals surface area contributed by atoms with Gasteiger partial charge in [-0.25, -0.2) is 4.98 Å². The van der Waals surface area contributed by atoms with E-state index in [1.54, 1.807) is 0 Å². The molecular formula is C24H25N5O. The van der Waals surface area contributed by atoms with E-state index in [0.29, 0.717) is 5.69 Å². The number of aromatic nitrogens is 3. The topological polar surface area (TPSA) is 57.2 Å². The normalized spacial score (nSPS) is 15.0. The molecule has 0 bridgehead atoms. The molecule has 2 aromatic carbocycles. The zero-order valence-electron chi connectivity index (χ0n) is 16.9. The van der Waals surface area contributed by atoms with Gasteiger partial charge in [-0.15, -0.1) is 0 Å². The van der Waals surface area contributed by atoms with Crippen LogP contribution in [0.3, 0.4) is 0 Å². The Hall–Kier alpha value is -3.38. The van der Waals surface area contributed by atoms with Gasteiger partial charge in [-0.3, -0.25) is 9.69 Å². The van der Waals surface area contributed by atoms with Crippen molar-refractivity contribution in [3.63, 3.8) is 0 Å². The Morgan fingerprint density at radius 3 is 2.50 bits per heavy atom. The van der Waals surface area contributed by atoms with Crippen molar-refractivity contribution in [2.24, 2.45) is 0 Å². The Labute approximate surface area is 175 Å². The number of rotatable bonds is 5. The first-order valence-electron chi connectivity index (χ1n) is 10.4. The number of imidazole rings is 1. The molecule has 1 aliphatic heterocycles. The standard InChI is InChI=1S/C24H25N5O/c30-24(22-18-20-8-4-5-9-21(20)26-22)29-16-13-27(14-17-29)12-15-28-11-10-25-23(28)19-6-2-1-3-7-19/h1-11,18,26H,12-17H2. The lowest BCUT2D eigenvalue weighted by Gasteiger charge is -2.34. The van der Waals surface area contributed by atoms with E-state index in [0.717, 1.165) is 61.6 Å². The highest BCUT2D eigenvalue weighted by Gasteiger charge is 2.23. The molecule has 0 unspecified atom stereocenters. The van der Waals surface area contributed by atoms with Crippen molar-refractivity contribution >= 4 is 16.8 Å². The molecule has 152 valence electrons. The van der Waals surface area contributed by atoms with Crippen LogP contribution in [-0.2, 0) is 6.54 Å². The summed E-state index contributed by atoms with van der Waals surface area (Å²) in [5, 5.41) is 1.08. The van der Waals surface area contributed by atoms with Crippen molar-refractivity contribution < 1.29 is 4.79 Å². The van der Waals surface area contributed by atoms with Crippen molar-refractivity contribution in [1.29, 1.82) is 0 Å². The lowest BCUT2D eigenvalue weighted by molar-refractivity contribution is 0.0628. The van der Waals surface area contributed by atoms with Crippen molar-refractivity contribution in [3.05, 3.63) is 78.8 Å². The van der Waals surface area contributed by atoms with E-state index in [1.165, 1.54) is 0 Å². The van der Waals surface area contributed by atoms with Crippen LogP contribution in [0.25, 0.3) is 22.3 Å². The van der Waals surface area contributed by atoms with Gasteiger partial charge in [0, 0.05) is 68.1 Å². The summed E-state index contributed by atoms with van der Waals surface area (Å²) in [6.07, 6.45) is 3.90. The van der Waals surface area contributed by atoms with E-state index in [2.05, 4.69) is 31.6 Å². The van der Waals surface area contributed by atoms with E-state index < -0.39 is 0 Å². The summed E-state index contributed by atoms with van der Waals surface area (Å²) in [7, 11) is 0. The molecule has 1 fully saturated rings. The van der Waals surface area contributed by atoms with Crippen LogP contribution in [0.5, 0.6) is 0 Å². The zero-order chi connectivity index (χ0) is 20.3. The van der Waals surface area contributed by atoms with Gasteiger partial charge in [-0.2, -0.15) is 0 Å². The minimum Gasteiger partial charge on any atom is -0.351 e. The average Bonchev–Trinajstić information content (AvgIpc) is 3.45. The number of para-hydroxylation sites is 1. The summed E-state index contributed by atoms with van der Waals surface area (Å²) in [4.78, 5) is 25.0. The second-order valence-electron chi connectivity index (χ2n) is 7.71. The Bertz CT molecular complexity index is 1110. The molecule has 1 saturated heterocycles. The molecule has 6 heteroatoms. The maximum atomic E-state index is 12.9. The maximum absolute atomic E-state index is 12.9. The smallest absolute Gasteiger partial charge is 0.270 e. The predicted octanol–water partition coefficient (Wildman–Crippen LogP) is 3.49. The molecule has 4 aromatic rings. The molecule has 0 aliphatic carbocycles. The van der Waals surface area contributed by atoms with Gasteiger partial charge in [-0.1, -0.05) is 48.5 Å². The van der Waals surface area contributed by atoms with E-state index in [1.807, 2.05) is 65.8 Å². The summed E-state index contributed by atoms with van der Waals surface area (Å²) >= 11 is 0. The number of amides is 1. The molecule has 6 nitrogen and oxygen atoms in total. The fraction of sp³-hybridized carbons (Fsp3) is 0.250. The SMILES string of the molecule is O=C(c1cc2ccccc2[nH]1)N1CCN(CCn2ccnc2-c2ccccc2)CC1. The highest BCUT2D eigenvalue weighted by Crippen LogP contribution is 2.18. The summed E-state index contributed by atoms with van der Waals surface area (Å²) in [6, 6.07) is 20.2. The Morgan fingerprint density at radius 1 is 0.933 bits per heavy atom. The number of nitrogens with zero attached hydrogens (tertiary/aromatic N) is 4. The Balaban J connectivity index is 1.17. The van der Waals surface area contributed by atoms with Crippen LogP contribution in [0, 0.1) is 0 Å². The van der Waals surface area contributed by atoms with Crippen molar-refractivity contribution in [2.75, 3.05) is 32.7 Å². The summed E-state index contributed by atoms with van der Waals surface area (Å²) in [6.45, 7) is 5.13. The third kappa shape index (κ3) is 3.74. The zero-order valence-corrected chi connectivity index (χ0v) is 16.9. The van der Waals surface area contributed by atoms with Crippen LogP contribution >= 0.6 is 0 Å². The van der Waals surface area contributed by atoms with Crippen molar-refractivity contribution in [3.8, 4) is 11.4 Å². The van der Waals surface area contributed by atoms with Crippen LogP contribution in [-0.4, -0.2) is 63.0 Å². The molecule has 1 N–H and O–H groups in total. The molecule has 2 aromatic heterocycles. The first kappa shape index (κ1) is 18.6. The summed E-state index contributed by atoms with van der Waals surface area (Å²) in [5.74, 6) is 1.09. The third-order valence-corrected chi connectivity index (χ3v) is 5.82. The second kappa shape index (κ2) is 8.16. The van der Waals surface area contributed by atoms with Crippen LogP contribution in [0.4, 0.5) is 0 Å². The van der Waals surface area contributed by atoms with Gasteiger partial charge >= 0.3 is 0 Å². The molecule has 1 aliphatic rings. The fourth-order valence-electron chi connectivity index (χ4n) is 4.12. The van der Waals surface area contributed by atoms with Gasteiger partial charge in [0.2, 0.25) is 0 Å². The quantitative estimate of drug-likeness (QED) is 0.559. The van der Waals surface area contributed by atoms with Gasteiger partial charge in [-0.05, 0) is 12.1 Å². The van der Waals surface area contributed by atoms with E-state index in [4.69, 9.17) is 0 Å². The number of hydrogen-bond acceptors (Lipinski definition) is 3. The van der Waals surface area contributed by atoms with Crippen LogP contribution in [0.15, 0.2) is 73.1 Å². The molecule has 0 spiro atoms. The Morgan fingerprint density at radius 2 is 1.70 bits per heavy atom. The highest BCUT2D eigenvalue weighted by atomic mass is 16.2.